The molecule has 0 saturated carbocycles. The van der Waals surface area contributed by atoms with Gasteiger partial charge in [0.05, 0.1) is 7.11 Å². The molecule has 148 valence electrons. The highest BCUT2D eigenvalue weighted by Crippen LogP contribution is 2.27. The van der Waals surface area contributed by atoms with Gasteiger partial charge >= 0.3 is 11.8 Å². The van der Waals surface area contributed by atoms with Crippen molar-refractivity contribution >= 4 is 17.5 Å². The van der Waals surface area contributed by atoms with Crippen LogP contribution in [0.4, 0.5) is 5.69 Å². The Hall–Kier alpha value is -3.60. The van der Waals surface area contributed by atoms with E-state index in [4.69, 9.17) is 4.74 Å². The lowest BCUT2D eigenvalue weighted by atomic mass is 9.88. The van der Waals surface area contributed by atoms with E-state index in [-0.39, 0.29) is 5.92 Å². The topological polar surface area (TPSA) is 67.4 Å². The zero-order valence-corrected chi connectivity index (χ0v) is 16.3. The summed E-state index contributed by atoms with van der Waals surface area (Å²) in [7, 11) is 1.57. The number of carbonyl (C=O) groups is 2. The van der Waals surface area contributed by atoms with Gasteiger partial charge in [0.2, 0.25) is 0 Å². The molecular weight excluding hydrogens is 364 g/mol. The number of carbonyl (C=O) groups excluding carboxylic acids is 2. The number of hydrogen-bond donors (Lipinski definition) is 2. The Morgan fingerprint density at radius 1 is 0.793 bits per heavy atom. The maximum Gasteiger partial charge on any atom is 0.313 e. The summed E-state index contributed by atoms with van der Waals surface area (Å²) in [5.41, 5.74) is 2.89. The fourth-order valence-electron chi connectivity index (χ4n) is 3.17. The Morgan fingerprint density at radius 3 is 1.86 bits per heavy atom. The van der Waals surface area contributed by atoms with Crippen LogP contribution in [0.15, 0.2) is 84.9 Å². The van der Waals surface area contributed by atoms with E-state index >= 15 is 0 Å². The van der Waals surface area contributed by atoms with Crippen LogP contribution in [0.5, 0.6) is 5.75 Å². The Labute approximate surface area is 170 Å². The molecule has 0 saturated heterocycles. The minimum absolute atomic E-state index is 0.141. The van der Waals surface area contributed by atoms with Crippen LogP contribution in [0.25, 0.3) is 0 Å². The number of anilines is 1. The normalized spacial score (nSPS) is 10.4. The first-order valence-electron chi connectivity index (χ1n) is 9.50. The molecule has 2 amide bonds. The van der Waals surface area contributed by atoms with Crippen molar-refractivity contribution in [1.82, 2.24) is 5.32 Å². The van der Waals surface area contributed by atoms with Gasteiger partial charge in [0.1, 0.15) is 5.75 Å². The van der Waals surface area contributed by atoms with E-state index in [2.05, 4.69) is 34.9 Å². The maximum atomic E-state index is 12.2. The van der Waals surface area contributed by atoms with Gasteiger partial charge in [-0.2, -0.15) is 0 Å². The van der Waals surface area contributed by atoms with E-state index in [1.54, 1.807) is 31.4 Å². The summed E-state index contributed by atoms with van der Waals surface area (Å²) in [5, 5.41) is 5.31. The second-order valence-electron chi connectivity index (χ2n) is 6.60. The third kappa shape index (κ3) is 5.69. The zero-order valence-electron chi connectivity index (χ0n) is 16.3. The van der Waals surface area contributed by atoms with Gasteiger partial charge in [-0.15, -0.1) is 0 Å². The quantitative estimate of drug-likeness (QED) is 0.602. The summed E-state index contributed by atoms with van der Waals surface area (Å²) in [6.07, 6.45) is 0.690. The van der Waals surface area contributed by atoms with Gasteiger partial charge in [0.15, 0.2) is 0 Å². The highest BCUT2D eigenvalue weighted by molar-refractivity contribution is 6.39. The van der Waals surface area contributed by atoms with Gasteiger partial charge in [0.25, 0.3) is 0 Å². The summed E-state index contributed by atoms with van der Waals surface area (Å²) in [6, 6.07) is 27.1. The Morgan fingerprint density at radius 2 is 1.34 bits per heavy atom. The molecule has 0 aliphatic heterocycles. The second kappa shape index (κ2) is 10.1. The van der Waals surface area contributed by atoms with E-state index in [0.29, 0.717) is 24.4 Å². The molecule has 0 heterocycles. The van der Waals surface area contributed by atoms with Gasteiger partial charge in [0, 0.05) is 18.2 Å². The summed E-state index contributed by atoms with van der Waals surface area (Å²) in [4.78, 5) is 24.3. The van der Waals surface area contributed by atoms with Gasteiger partial charge < -0.3 is 15.4 Å². The summed E-state index contributed by atoms with van der Waals surface area (Å²) < 4.78 is 5.08. The molecule has 0 aliphatic carbocycles. The average molecular weight is 388 g/mol. The SMILES string of the molecule is COc1ccc(NC(=O)C(=O)NCCC(c2ccccc2)c2ccccc2)cc1. The first-order valence-corrected chi connectivity index (χ1v) is 9.50. The molecule has 0 radical (unpaired) electrons. The number of methoxy groups -OCH3 is 1. The third-order valence-corrected chi connectivity index (χ3v) is 4.68. The van der Waals surface area contributed by atoms with Crippen molar-refractivity contribution in [3.8, 4) is 5.75 Å². The number of rotatable bonds is 7. The van der Waals surface area contributed by atoms with Gasteiger partial charge in [-0.05, 0) is 41.8 Å². The molecule has 5 heteroatoms. The number of benzene rings is 3. The molecule has 0 unspecified atom stereocenters. The van der Waals surface area contributed by atoms with Crippen LogP contribution in [-0.4, -0.2) is 25.5 Å². The molecule has 0 atom stereocenters. The maximum absolute atomic E-state index is 12.2. The van der Waals surface area contributed by atoms with Crippen LogP contribution < -0.4 is 15.4 Å². The lowest BCUT2D eigenvalue weighted by molar-refractivity contribution is -0.136. The summed E-state index contributed by atoms with van der Waals surface area (Å²) in [6.45, 7) is 0.392. The molecule has 0 spiro atoms. The van der Waals surface area contributed by atoms with Crippen molar-refractivity contribution in [2.24, 2.45) is 0 Å². The second-order valence-corrected chi connectivity index (χ2v) is 6.60. The Kier molecular flexibility index (Phi) is 7.00. The molecule has 0 aliphatic rings. The highest BCUT2D eigenvalue weighted by atomic mass is 16.5. The van der Waals surface area contributed by atoms with Crippen LogP contribution in [0.2, 0.25) is 0 Å². The first kappa shape index (κ1) is 20.1. The molecule has 3 rings (SSSR count). The number of hydrogen-bond acceptors (Lipinski definition) is 3. The molecule has 29 heavy (non-hydrogen) atoms. The van der Waals surface area contributed by atoms with Crippen molar-refractivity contribution in [3.05, 3.63) is 96.1 Å². The molecule has 2 N–H and O–H groups in total. The van der Waals surface area contributed by atoms with E-state index in [1.807, 2.05) is 36.4 Å². The van der Waals surface area contributed by atoms with Crippen LogP contribution in [0.3, 0.4) is 0 Å². The van der Waals surface area contributed by atoms with Crippen molar-refractivity contribution in [1.29, 1.82) is 0 Å². The fraction of sp³-hybridized carbons (Fsp3) is 0.167. The van der Waals surface area contributed by atoms with Crippen molar-refractivity contribution in [3.63, 3.8) is 0 Å². The summed E-state index contributed by atoms with van der Waals surface area (Å²) in [5.74, 6) is -0.519. The smallest absolute Gasteiger partial charge is 0.313 e. The standard InChI is InChI=1S/C24H24N2O3/c1-29-21-14-12-20(13-15-21)26-24(28)23(27)25-17-16-22(18-8-4-2-5-9-18)19-10-6-3-7-11-19/h2-15,22H,16-17H2,1H3,(H,25,27)(H,26,28). The molecule has 3 aromatic carbocycles. The average Bonchev–Trinajstić information content (AvgIpc) is 2.78. The van der Waals surface area contributed by atoms with Crippen LogP contribution in [0, 0.1) is 0 Å². The van der Waals surface area contributed by atoms with Gasteiger partial charge in [-0.25, -0.2) is 0 Å². The first-order chi connectivity index (χ1) is 14.2. The Bertz CT molecular complexity index is 886. The van der Waals surface area contributed by atoms with Crippen molar-refractivity contribution < 1.29 is 14.3 Å². The summed E-state index contributed by atoms with van der Waals surface area (Å²) >= 11 is 0. The van der Waals surface area contributed by atoms with Gasteiger partial charge in [-0.1, -0.05) is 60.7 Å². The van der Waals surface area contributed by atoms with E-state index < -0.39 is 11.8 Å². The van der Waals surface area contributed by atoms with E-state index in [1.165, 1.54) is 11.1 Å². The van der Waals surface area contributed by atoms with Crippen molar-refractivity contribution in [2.75, 3.05) is 19.0 Å². The molecule has 5 nitrogen and oxygen atoms in total. The minimum Gasteiger partial charge on any atom is -0.497 e. The predicted molar refractivity (Wildman–Crippen MR) is 114 cm³/mol. The number of ether oxygens (including phenoxy) is 1. The minimum atomic E-state index is -0.689. The van der Waals surface area contributed by atoms with Crippen LogP contribution in [-0.2, 0) is 9.59 Å². The largest absolute Gasteiger partial charge is 0.497 e. The molecular formula is C24H24N2O3. The number of nitrogens with one attached hydrogen (secondary N) is 2. The van der Waals surface area contributed by atoms with E-state index in [0.717, 1.165) is 0 Å². The van der Waals surface area contributed by atoms with Crippen LogP contribution >= 0.6 is 0 Å². The lowest BCUT2D eigenvalue weighted by Gasteiger charge is -2.18. The molecule has 0 bridgehead atoms. The predicted octanol–water partition coefficient (Wildman–Crippen LogP) is 3.97. The zero-order chi connectivity index (χ0) is 20.5. The van der Waals surface area contributed by atoms with Gasteiger partial charge in [-0.3, -0.25) is 9.59 Å². The Balaban J connectivity index is 1.57. The highest BCUT2D eigenvalue weighted by Gasteiger charge is 2.17. The van der Waals surface area contributed by atoms with E-state index in [9.17, 15) is 9.59 Å². The monoisotopic (exact) mass is 388 g/mol. The molecule has 0 aromatic heterocycles. The fourth-order valence-corrected chi connectivity index (χ4v) is 3.17. The lowest BCUT2D eigenvalue weighted by Crippen LogP contribution is -2.36. The van der Waals surface area contributed by atoms with Crippen LogP contribution in [0.1, 0.15) is 23.5 Å². The van der Waals surface area contributed by atoms with Crippen molar-refractivity contribution in [2.45, 2.75) is 12.3 Å². The number of amides is 2. The molecule has 3 aromatic rings. The third-order valence-electron chi connectivity index (χ3n) is 4.68. The molecule has 0 fully saturated rings.